The Bertz CT molecular complexity index is 826. The molecule has 9 nitrogen and oxygen atoms in total. The van der Waals surface area contributed by atoms with E-state index in [9.17, 15) is 24.8 Å². The molecule has 1 rings (SSSR count). The number of amides is 3. The van der Waals surface area contributed by atoms with Crippen LogP contribution in [0.5, 0.6) is 0 Å². The number of nitrogens with one attached hydrogen (secondary N) is 2. The second-order valence-corrected chi connectivity index (χ2v) is 8.43. The maximum absolute atomic E-state index is 13.2. The van der Waals surface area contributed by atoms with Gasteiger partial charge < -0.3 is 25.4 Å². The Labute approximate surface area is 183 Å². The number of carbonyl (C=O) groups excluding carboxylic acids is 3. The number of ether oxygens (including phenoxy) is 1. The first kappa shape index (κ1) is 25.9. The van der Waals surface area contributed by atoms with Gasteiger partial charge in [0.15, 0.2) is 0 Å². The highest BCUT2D eigenvalue weighted by Gasteiger charge is 2.36. The average molecular weight is 433 g/mol. The number of aryl methyl sites for hydroxylation is 1. The zero-order valence-corrected chi connectivity index (χ0v) is 18.9. The van der Waals surface area contributed by atoms with E-state index in [0.717, 1.165) is 10.5 Å². The molecule has 3 N–H and O–H groups in total. The third-order valence-electron chi connectivity index (χ3n) is 4.17. The van der Waals surface area contributed by atoms with E-state index in [4.69, 9.17) is 4.74 Å². The van der Waals surface area contributed by atoms with Crippen molar-refractivity contribution < 1.29 is 24.2 Å². The summed E-state index contributed by atoms with van der Waals surface area (Å²) in [6.45, 7) is 9.19. The van der Waals surface area contributed by atoms with Crippen LogP contribution in [0.2, 0.25) is 0 Å². The molecule has 0 saturated heterocycles. The summed E-state index contributed by atoms with van der Waals surface area (Å²) in [5.41, 5.74) is 0.487. The smallest absolute Gasteiger partial charge is 0.408 e. The Kier molecular flexibility index (Phi) is 9.46. The Balaban J connectivity index is 3.34. The fourth-order valence-electron chi connectivity index (χ4n) is 2.92. The highest BCUT2D eigenvalue weighted by molar-refractivity contribution is 5.92. The van der Waals surface area contributed by atoms with E-state index in [1.807, 2.05) is 6.07 Å². The van der Waals surface area contributed by atoms with E-state index in [1.54, 1.807) is 65.8 Å². The van der Waals surface area contributed by atoms with Crippen LogP contribution < -0.4 is 10.6 Å². The second kappa shape index (κ2) is 11.3. The molecular weight excluding hydrogens is 400 g/mol. The zero-order valence-electron chi connectivity index (χ0n) is 18.9. The van der Waals surface area contributed by atoms with E-state index < -0.39 is 48.7 Å². The Morgan fingerprint density at radius 3 is 2.29 bits per heavy atom. The maximum atomic E-state index is 13.2. The van der Waals surface area contributed by atoms with Crippen LogP contribution >= 0.6 is 0 Å². The number of nitriles is 1. The predicted molar refractivity (Wildman–Crippen MR) is 115 cm³/mol. The summed E-state index contributed by atoms with van der Waals surface area (Å²) in [5.74, 6) is -1.25. The number of hydrogen-bond acceptors (Lipinski definition) is 6. The van der Waals surface area contributed by atoms with Crippen LogP contribution in [0.25, 0.3) is 0 Å². The number of aliphatic hydroxyl groups is 1. The van der Waals surface area contributed by atoms with Crippen LogP contribution in [0, 0.1) is 18.3 Å². The normalized spacial score (nSPS) is 13.0. The first-order valence-corrected chi connectivity index (χ1v) is 10.0. The number of carbonyl (C=O) groups is 3. The molecule has 31 heavy (non-hydrogen) atoms. The van der Waals surface area contributed by atoms with Crippen LogP contribution in [-0.2, 0) is 14.3 Å². The molecule has 1 aromatic rings. The summed E-state index contributed by atoms with van der Waals surface area (Å²) in [6, 6.07) is 6.21. The summed E-state index contributed by atoms with van der Waals surface area (Å²) in [6.07, 6.45) is -0.893. The van der Waals surface area contributed by atoms with Crippen molar-refractivity contribution >= 4 is 17.9 Å². The van der Waals surface area contributed by atoms with Crippen molar-refractivity contribution in [2.24, 2.45) is 0 Å². The van der Waals surface area contributed by atoms with Crippen molar-refractivity contribution in [2.75, 3.05) is 13.2 Å². The molecule has 0 aliphatic rings. The van der Waals surface area contributed by atoms with Crippen LogP contribution in [0.3, 0.4) is 0 Å². The lowest BCUT2D eigenvalue weighted by molar-refractivity contribution is -0.142. The number of hydrogen-bond donors (Lipinski definition) is 3. The van der Waals surface area contributed by atoms with Gasteiger partial charge in [-0.3, -0.25) is 9.59 Å². The molecular formula is C22H32N4O5. The van der Waals surface area contributed by atoms with Gasteiger partial charge in [0.25, 0.3) is 0 Å². The second-order valence-electron chi connectivity index (χ2n) is 8.43. The van der Waals surface area contributed by atoms with Crippen molar-refractivity contribution in [3.8, 4) is 6.07 Å². The molecule has 0 aliphatic carbocycles. The quantitative estimate of drug-likeness (QED) is 0.537. The minimum atomic E-state index is -1.39. The maximum Gasteiger partial charge on any atom is 0.408 e. The van der Waals surface area contributed by atoms with E-state index in [-0.39, 0.29) is 6.04 Å². The standard InChI is InChI=1S/C22H32N4O5/c1-14(2)24-19(28)18(16-10-8-7-9-15(16)3)26(12-11-23)20(29)17(13-27)25-21(30)31-22(4,5)6/h7-10,14,17-18,27H,12-13H2,1-6H3,(H,24,28)(H,25,30). The fourth-order valence-corrected chi connectivity index (χ4v) is 2.92. The molecule has 0 radical (unpaired) electrons. The largest absolute Gasteiger partial charge is 0.444 e. The first-order valence-electron chi connectivity index (χ1n) is 10.0. The van der Waals surface area contributed by atoms with Crippen LogP contribution in [-0.4, -0.2) is 58.8 Å². The molecule has 0 heterocycles. The molecule has 2 atom stereocenters. The van der Waals surface area contributed by atoms with Gasteiger partial charge in [-0.05, 0) is 52.7 Å². The Hall–Kier alpha value is -3.12. The molecule has 2 unspecified atom stereocenters. The number of rotatable bonds is 8. The lowest BCUT2D eigenvalue weighted by Crippen LogP contribution is -2.55. The molecule has 170 valence electrons. The van der Waals surface area contributed by atoms with Crippen LogP contribution in [0.4, 0.5) is 4.79 Å². The SMILES string of the molecule is Cc1ccccc1C(C(=O)NC(C)C)N(CC#N)C(=O)C(CO)NC(=O)OC(C)(C)C. The van der Waals surface area contributed by atoms with Gasteiger partial charge in [0.2, 0.25) is 11.8 Å². The first-order chi connectivity index (χ1) is 14.4. The van der Waals surface area contributed by atoms with Gasteiger partial charge in [-0.2, -0.15) is 5.26 Å². The van der Waals surface area contributed by atoms with Crippen molar-refractivity contribution in [3.05, 3.63) is 35.4 Å². The zero-order chi connectivity index (χ0) is 23.8. The van der Waals surface area contributed by atoms with Gasteiger partial charge in [-0.15, -0.1) is 0 Å². The number of aliphatic hydroxyl groups excluding tert-OH is 1. The van der Waals surface area contributed by atoms with Gasteiger partial charge in [-0.1, -0.05) is 24.3 Å². The topological polar surface area (TPSA) is 132 Å². The van der Waals surface area contributed by atoms with Crippen LogP contribution in [0.15, 0.2) is 24.3 Å². The van der Waals surface area contributed by atoms with Crippen LogP contribution in [0.1, 0.15) is 51.8 Å². The molecule has 9 heteroatoms. The number of alkyl carbamates (subject to hydrolysis) is 1. The summed E-state index contributed by atoms with van der Waals surface area (Å²) < 4.78 is 5.15. The molecule has 0 fully saturated rings. The molecule has 0 saturated carbocycles. The van der Waals surface area contributed by atoms with E-state index in [1.165, 1.54) is 0 Å². The summed E-state index contributed by atoms with van der Waals surface area (Å²) >= 11 is 0. The monoisotopic (exact) mass is 432 g/mol. The Morgan fingerprint density at radius 1 is 1.19 bits per heavy atom. The lowest BCUT2D eigenvalue weighted by Gasteiger charge is -2.33. The lowest BCUT2D eigenvalue weighted by atomic mass is 9.98. The fraction of sp³-hybridized carbons (Fsp3) is 0.545. The highest BCUT2D eigenvalue weighted by Crippen LogP contribution is 2.25. The molecule has 0 aromatic heterocycles. The molecule has 0 bridgehead atoms. The average Bonchev–Trinajstić information content (AvgIpc) is 2.64. The van der Waals surface area contributed by atoms with Crippen molar-refractivity contribution in [3.63, 3.8) is 0 Å². The van der Waals surface area contributed by atoms with E-state index in [0.29, 0.717) is 5.56 Å². The molecule has 1 aromatic carbocycles. The number of benzene rings is 1. The minimum Gasteiger partial charge on any atom is -0.444 e. The third-order valence-corrected chi connectivity index (χ3v) is 4.17. The number of nitrogens with zero attached hydrogens (tertiary/aromatic N) is 2. The van der Waals surface area contributed by atoms with Gasteiger partial charge in [0, 0.05) is 6.04 Å². The molecule has 0 spiro atoms. The molecule has 0 aliphatic heterocycles. The van der Waals surface area contributed by atoms with E-state index in [2.05, 4.69) is 10.6 Å². The van der Waals surface area contributed by atoms with Crippen molar-refractivity contribution in [1.82, 2.24) is 15.5 Å². The van der Waals surface area contributed by atoms with Gasteiger partial charge in [-0.25, -0.2) is 4.79 Å². The van der Waals surface area contributed by atoms with Crippen molar-refractivity contribution in [2.45, 2.75) is 65.3 Å². The predicted octanol–water partition coefficient (Wildman–Crippen LogP) is 1.80. The Morgan fingerprint density at radius 2 is 1.81 bits per heavy atom. The van der Waals surface area contributed by atoms with Gasteiger partial charge in [0.05, 0.1) is 12.7 Å². The van der Waals surface area contributed by atoms with Gasteiger partial charge >= 0.3 is 6.09 Å². The third kappa shape index (κ3) is 7.90. The summed E-state index contributed by atoms with van der Waals surface area (Å²) in [4.78, 5) is 39.5. The molecule has 3 amide bonds. The van der Waals surface area contributed by atoms with Crippen molar-refractivity contribution in [1.29, 1.82) is 5.26 Å². The summed E-state index contributed by atoms with van der Waals surface area (Å²) in [7, 11) is 0. The minimum absolute atomic E-state index is 0.202. The van der Waals surface area contributed by atoms with Gasteiger partial charge in [0.1, 0.15) is 24.2 Å². The highest BCUT2D eigenvalue weighted by atomic mass is 16.6. The summed E-state index contributed by atoms with van der Waals surface area (Å²) in [5, 5.41) is 24.2. The van der Waals surface area contributed by atoms with E-state index >= 15 is 0 Å².